The maximum atomic E-state index is 14.4. The Kier molecular flexibility index (Phi) is 45.9. The van der Waals surface area contributed by atoms with E-state index in [1.807, 2.05) is 13.0 Å². The normalized spacial score (nSPS) is 12.4. The van der Waals surface area contributed by atoms with Gasteiger partial charge < -0.3 is 49.1 Å². The Morgan fingerprint density at radius 3 is 1.71 bits per heavy atom. The molecule has 4 rings (SSSR count). The number of carbonyl (C=O) groups excluding carboxylic acids is 4. The summed E-state index contributed by atoms with van der Waals surface area (Å²) in [5.74, 6) is -2.85. The number of methoxy groups -OCH3 is 1. The average molecular weight is 1380 g/mol. The summed E-state index contributed by atoms with van der Waals surface area (Å²) >= 11 is 5.46. The zero-order valence-electron chi connectivity index (χ0n) is 58.6. The van der Waals surface area contributed by atoms with Crippen LogP contribution in [0.1, 0.15) is 257 Å². The highest BCUT2D eigenvalue weighted by Gasteiger charge is 2.24. The van der Waals surface area contributed by atoms with Crippen LogP contribution >= 0.6 is 19.8 Å². The lowest BCUT2D eigenvalue weighted by atomic mass is 9.91. The predicted octanol–water partition coefficient (Wildman–Crippen LogP) is 19.3. The van der Waals surface area contributed by atoms with Gasteiger partial charge in [0.05, 0.1) is 6.61 Å². The summed E-state index contributed by atoms with van der Waals surface area (Å²) in [6, 6.07) is 9.82. The highest BCUT2D eigenvalue weighted by Crippen LogP contribution is 2.43. The largest absolute Gasteiger partial charge is 0.505 e. The summed E-state index contributed by atoms with van der Waals surface area (Å²) in [5.41, 5.74) is 2.20. The molecule has 20 heteroatoms. The molecular weight excluding hydrogens is 1260 g/mol. The van der Waals surface area contributed by atoms with Crippen LogP contribution in [0.2, 0.25) is 0 Å². The first-order chi connectivity index (χ1) is 46.3. The smallest absolute Gasteiger partial charge is 0.325 e. The molecule has 0 radical (unpaired) electrons. The Morgan fingerprint density at radius 2 is 1.14 bits per heavy atom. The predicted molar refractivity (Wildman–Crippen MR) is 388 cm³/mol. The molecule has 16 nitrogen and oxygen atoms in total. The Morgan fingerprint density at radius 1 is 0.615 bits per heavy atom. The molecule has 0 spiro atoms. The monoisotopic (exact) mass is 1380 g/mol. The third-order valence-corrected chi connectivity index (χ3v) is 17.4. The average Bonchev–Trinajstić information content (AvgIpc) is 0.748. The Labute approximate surface area is 577 Å². The Hall–Kier alpha value is -5.85. The van der Waals surface area contributed by atoms with E-state index in [1.54, 1.807) is 19.2 Å². The number of aromatic hydroxyl groups is 1. The molecule has 1 aliphatic carbocycles. The van der Waals surface area contributed by atoms with Gasteiger partial charge in [-0.05, 0) is 157 Å². The van der Waals surface area contributed by atoms with Gasteiger partial charge in [0.1, 0.15) is 23.7 Å². The van der Waals surface area contributed by atoms with Gasteiger partial charge in [-0.25, -0.2) is 8.78 Å². The molecular formula is C76H116F2N3O13PS. The Balaban J connectivity index is 0.000000500. The molecule has 96 heavy (non-hydrogen) atoms. The number of thiocarbonyl (C=S) groups is 1. The van der Waals surface area contributed by atoms with Crippen LogP contribution in [0.15, 0.2) is 76.0 Å². The van der Waals surface area contributed by atoms with Crippen LogP contribution < -0.4 is 21.4 Å². The van der Waals surface area contributed by atoms with Gasteiger partial charge in [-0.15, -0.1) is 0 Å². The van der Waals surface area contributed by atoms with Gasteiger partial charge in [-0.1, -0.05) is 147 Å². The molecule has 0 saturated heterocycles. The van der Waals surface area contributed by atoms with Crippen molar-refractivity contribution in [3.63, 3.8) is 0 Å². The molecule has 538 valence electrons. The highest BCUT2D eigenvalue weighted by molar-refractivity contribution is 7.80. The fourth-order valence-corrected chi connectivity index (χ4v) is 11.7. The molecule has 2 aromatic carbocycles. The van der Waals surface area contributed by atoms with Crippen molar-refractivity contribution >= 4 is 65.2 Å². The minimum atomic E-state index is -3.75. The van der Waals surface area contributed by atoms with E-state index in [-0.39, 0.29) is 48.6 Å². The number of ketones is 1. The van der Waals surface area contributed by atoms with Crippen LogP contribution in [0.4, 0.5) is 14.5 Å². The number of benzene rings is 3. The number of amides is 1. The number of ether oxygens (including phenoxy) is 3. The summed E-state index contributed by atoms with van der Waals surface area (Å²) < 4.78 is 66.9. The van der Waals surface area contributed by atoms with Crippen molar-refractivity contribution in [2.75, 3.05) is 52.0 Å². The second-order valence-corrected chi connectivity index (χ2v) is 27.6. The molecule has 2 aromatic rings. The number of carbonyl (C=O) groups is 4. The quantitative estimate of drug-likeness (QED) is 0.00691. The fourth-order valence-electron chi connectivity index (χ4n) is 11.0. The van der Waals surface area contributed by atoms with Crippen molar-refractivity contribution in [1.29, 1.82) is 0 Å². The van der Waals surface area contributed by atoms with E-state index < -0.39 is 42.5 Å². The lowest BCUT2D eigenvalue weighted by molar-refractivity contribution is -0.161. The molecule has 2 aliphatic rings. The van der Waals surface area contributed by atoms with Gasteiger partial charge in [-0.3, -0.25) is 28.5 Å². The molecule has 0 aromatic heterocycles. The van der Waals surface area contributed by atoms with Gasteiger partial charge in [0.25, 0.3) is 0 Å². The Bertz CT molecular complexity index is 3000. The van der Waals surface area contributed by atoms with Crippen molar-refractivity contribution < 1.29 is 65.7 Å². The summed E-state index contributed by atoms with van der Waals surface area (Å²) in [7, 11) is -2.13. The number of anilines is 1. The summed E-state index contributed by atoms with van der Waals surface area (Å²) in [5, 5.41) is 19.9. The van der Waals surface area contributed by atoms with Crippen LogP contribution in [0, 0.1) is 18.6 Å². The SMILES string of the molecule is CCCCCCCC/C=C\CCCCCCCC(=O)OCC(COP(C)(=O)O)OC(=O)CCCCCCC/C=C\CCCCCCCC.COCCCC(=O)CCCCC(=O)NCCCCCNC(=S)Nc1ccc(-c2c3cc(F)c(=O)cc-3oc3cc(O)c(F)cc23)c(C)c1. The number of hydrogen-bond donors (Lipinski definition) is 5. The van der Waals surface area contributed by atoms with Gasteiger partial charge in [-0.2, -0.15) is 0 Å². The first-order valence-corrected chi connectivity index (χ1v) is 38.4. The van der Waals surface area contributed by atoms with Crippen molar-refractivity contribution in [2.45, 2.75) is 264 Å². The number of fused-ring (bicyclic) bond motifs is 2. The highest BCUT2D eigenvalue weighted by atomic mass is 32.1. The first-order valence-electron chi connectivity index (χ1n) is 36.0. The summed E-state index contributed by atoms with van der Waals surface area (Å²) in [6.07, 6.45) is 46.0. The van der Waals surface area contributed by atoms with Gasteiger partial charge in [0.15, 0.2) is 28.6 Å². The molecule has 0 fully saturated rings. The second-order valence-electron chi connectivity index (χ2n) is 25.3. The number of unbranched alkanes of at least 4 members (excludes halogenated alkanes) is 25. The van der Waals surface area contributed by atoms with E-state index in [0.29, 0.717) is 84.7 Å². The van der Waals surface area contributed by atoms with Gasteiger partial charge >= 0.3 is 19.5 Å². The van der Waals surface area contributed by atoms with E-state index in [9.17, 15) is 47.3 Å². The zero-order chi connectivity index (χ0) is 70.0. The van der Waals surface area contributed by atoms with Crippen LogP contribution in [0.3, 0.4) is 0 Å². The number of nitrogens with one attached hydrogen (secondary N) is 3. The van der Waals surface area contributed by atoms with E-state index >= 15 is 0 Å². The maximum absolute atomic E-state index is 14.4. The number of rotatable bonds is 53. The van der Waals surface area contributed by atoms with Crippen molar-refractivity contribution in [3.05, 3.63) is 94.2 Å². The van der Waals surface area contributed by atoms with Crippen LogP contribution in [-0.4, -0.2) is 91.5 Å². The molecule has 2 atom stereocenters. The fraction of sp³-hybridized carbons (Fsp3) is 0.632. The lowest BCUT2D eigenvalue weighted by Gasteiger charge is -2.19. The molecule has 2 unspecified atom stereocenters. The molecule has 0 saturated carbocycles. The number of hydrogen-bond acceptors (Lipinski definition) is 13. The number of esters is 2. The number of phenolic OH excluding ortho intramolecular Hbond substituents is 1. The maximum Gasteiger partial charge on any atom is 0.325 e. The van der Waals surface area contributed by atoms with Crippen LogP contribution in [0.25, 0.3) is 33.4 Å². The second kappa shape index (κ2) is 52.2. The van der Waals surface area contributed by atoms with Gasteiger partial charge in [0.2, 0.25) is 11.3 Å². The third-order valence-electron chi connectivity index (χ3n) is 16.5. The van der Waals surface area contributed by atoms with E-state index in [2.05, 4.69) is 54.1 Å². The third kappa shape index (κ3) is 39.5. The molecule has 5 N–H and O–H groups in total. The molecule has 0 bridgehead atoms. The minimum absolute atomic E-state index is 0.00510. The zero-order valence-corrected chi connectivity index (χ0v) is 60.3. The number of phenols is 1. The first kappa shape index (κ1) is 84.4. The molecule has 1 aliphatic heterocycles. The standard InChI is InChI=1S/C40H75O7P.C36H41F2N3O6S/c1-4-6-8-10-12-14-16-18-20-22-24-26-28-30-32-34-39(41)45-36-38(37-46-48(3,43)44)47-40(42)35-33-31-29-27-25-23-21-19-17-15-13-11-9-7-5-2;1-22-17-23(41-36(48)40-15-7-3-6-14-39-34(45)11-5-4-9-24(42)10-8-16-46-2)12-13-25(22)35-26-18-28(37)30(43)20-32(26)47-33-21-31(44)29(38)19-27(33)35/h18-21,38H,4-17,22-37H2,1-3H3,(H,43,44);12-13,17-21,43H,3-11,14-16H2,1-2H3,(H,39,45)(H2,40,41,48)/b20-18-,21-19-;. The lowest BCUT2D eigenvalue weighted by Crippen LogP contribution is -2.29. The number of Topliss-reactive ketones (excluding diaryl/α,β-unsaturated/α-hetero) is 1. The van der Waals surface area contributed by atoms with E-state index in [1.165, 1.54) is 96.3 Å². The van der Waals surface area contributed by atoms with Crippen LogP contribution in [0.5, 0.6) is 5.75 Å². The molecule has 1 amide bonds. The van der Waals surface area contributed by atoms with Crippen molar-refractivity contribution in [1.82, 2.24) is 10.6 Å². The topological polar surface area (TPSA) is 229 Å². The summed E-state index contributed by atoms with van der Waals surface area (Å²) in [4.78, 5) is 70.0. The minimum Gasteiger partial charge on any atom is -0.505 e. The summed E-state index contributed by atoms with van der Waals surface area (Å²) in [6.45, 7) is 8.79. The van der Waals surface area contributed by atoms with E-state index in [4.69, 9.17) is 35.4 Å². The number of halogens is 2. The van der Waals surface area contributed by atoms with Gasteiger partial charge in [0, 0.05) is 99.9 Å². The van der Waals surface area contributed by atoms with Crippen molar-refractivity contribution in [3.8, 4) is 28.2 Å². The number of allylic oxidation sites excluding steroid dienone is 4. The van der Waals surface area contributed by atoms with Crippen LogP contribution in [-0.2, 0) is 42.5 Å². The number of aryl methyl sites for hydroxylation is 1. The van der Waals surface area contributed by atoms with Crippen molar-refractivity contribution in [2.24, 2.45) is 0 Å². The van der Waals surface area contributed by atoms with E-state index in [0.717, 1.165) is 139 Å². The molecule has 1 heterocycles.